The minimum atomic E-state index is 0.0760. The molecule has 1 saturated heterocycles. The Hall–Kier alpha value is -2.63. The van der Waals surface area contributed by atoms with Crippen molar-refractivity contribution in [3.05, 3.63) is 63.4 Å². The molecule has 4 rings (SSSR count). The minimum Gasteiger partial charge on any atom is -0.342 e. The van der Waals surface area contributed by atoms with Crippen molar-refractivity contribution in [3.8, 4) is 0 Å². The van der Waals surface area contributed by atoms with Gasteiger partial charge in [0.2, 0.25) is 5.91 Å². The first-order valence-corrected chi connectivity index (χ1v) is 10.5. The van der Waals surface area contributed by atoms with E-state index in [1.165, 1.54) is 5.56 Å². The van der Waals surface area contributed by atoms with E-state index in [0.717, 1.165) is 48.6 Å². The standard InChI is InChI=1S/C23H30N4O2/c1-15(2)10-20-16(3)24-27(17(20)4)9-8-22(28)25-12-18-11-19(14-25)21-6-5-7-23(29)26(21)13-18/h5-7,18-19H,1,8-14H2,2-4H3/t18-,19?/m1/s1. The molecule has 1 fully saturated rings. The fourth-order valence-corrected chi connectivity index (χ4v) is 4.97. The number of carbonyl (C=O) groups excluding carboxylic acids is 1. The Morgan fingerprint density at radius 2 is 2.03 bits per heavy atom. The fraction of sp³-hybridized carbons (Fsp3) is 0.522. The summed E-state index contributed by atoms with van der Waals surface area (Å²) >= 11 is 0. The van der Waals surface area contributed by atoms with Crippen LogP contribution in [0.25, 0.3) is 0 Å². The fourth-order valence-electron chi connectivity index (χ4n) is 4.97. The van der Waals surface area contributed by atoms with Gasteiger partial charge in [-0.25, -0.2) is 0 Å². The zero-order valence-corrected chi connectivity index (χ0v) is 17.6. The largest absolute Gasteiger partial charge is 0.342 e. The van der Waals surface area contributed by atoms with Crippen LogP contribution in [0.2, 0.25) is 0 Å². The predicted molar refractivity (Wildman–Crippen MR) is 113 cm³/mol. The van der Waals surface area contributed by atoms with Gasteiger partial charge < -0.3 is 9.47 Å². The van der Waals surface area contributed by atoms with Crippen LogP contribution >= 0.6 is 0 Å². The summed E-state index contributed by atoms with van der Waals surface area (Å²) in [7, 11) is 0. The molecule has 0 saturated carbocycles. The number of hydrogen-bond acceptors (Lipinski definition) is 3. The van der Waals surface area contributed by atoms with Crippen LogP contribution in [0.5, 0.6) is 0 Å². The molecule has 2 aliphatic rings. The molecule has 6 heteroatoms. The molecule has 0 aromatic carbocycles. The summed E-state index contributed by atoms with van der Waals surface area (Å²) in [6, 6.07) is 5.50. The van der Waals surface area contributed by atoms with Gasteiger partial charge in [0.25, 0.3) is 5.56 Å². The number of carbonyl (C=O) groups is 1. The van der Waals surface area contributed by atoms with E-state index >= 15 is 0 Å². The maximum Gasteiger partial charge on any atom is 0.250 e. The lowest BCUT2D eigenvalue weighted by Crippen LogP contribution is -2.49. The number of nitrogens with zero attached hydrogens (tertiary/aromatic N) is 4. The molecule has 154 valence electrons. The molecule has 0 aliphatic carbocycles. The lowest BCUT2D eigenvalue weighted by molar-refractivity contribution is -0.134. The third-order valence-corrected chi connectivity index (χ3v) is 6.38. The molecular weight excluding hydrogens is 364 g/mol. The summed E-state index contributed by atoms with van der Waals surface area (Å²) in [5.41, 5.74) is 5.64. The van der Waals surface area contributed by atoms with Crippen molar-refractivity contribution in [2.45, 2.75) is 59.0 Å². The average Bonchev–Trinajstić information content (AvgIpc) is 2.94. The number of allylic oxidation sites excluding steroid dienone is 1. The van der Waals surface area contributed by atoms with E-state index in [4.69, 9.17) is 0 Å². The first-order valence-electron chi connectivity index (χ1n) is 10.5. The van der Waals surface area contributed by atoms with E-state index in [0.29, 0.717) is 25.4 Å². The van der Waals surface area contributed by atoms with E-state index in [-0.39, 0.29) is 17.4 Å². The summed E-state index contributed by atoms with van der Waals surface area (Å²) in [6.07, 6.45) is 2.35. The normalized spacial score (nSPS) is 20.4. The maximum absolute atomic E-state index is 13.0. The van der Waals surface area contributed by atoms with Crippen molar-refractivity contribution in [1.29, 1.82) is 0 Å². The second-order valence-electron chi connectivity index (χ2n) is 8.75. The van der Waals surface area contributed by atoms with Gasteiger partial charge in [0.15, 0.2) is 0 Å². The quantitative estimate of drug-likeness (QED) is 0.733. The summed E-state index contributed by atoms with van der Waals surface area (Å²) in [6.45, 7) is 12.9. The van der Waals surface area contributed by atoms with Crippen LogP contribution in [-0.2, 0) is 24.3 Å². The molecule has 0 N–H and O–H groups in total. The van der Waals surface area contributed by atoms with Crippen LogP contribution in [0.3, 0.4) is 0 Å². The minimum absolute atomic E-state index is 0.0760. The van der Waals surface area contributed by atoms with Gasteiger partial charge in [-0.3, -0.25) is 14.3 Å². The van der Waals surface area contributed by atoms with Crippen molar-refractivity contribution in [3.63, 3.8) is 0 Å². The van der Waals surface area contributed by atoms with E-state index in [9.17, 15) is 9.59 Å². The highest BCUT2D eigenvalue weighted by molar-refractivity contribution is 5.76. The topological polar surface area (TPSA) is 60.1 Å². The Morgan fingerprint density at radius 3 is 2.79 bits per heavy atom. The second-order valence-corrected chi connectivity index (χ2v) is 8.75. The lowest BCUT2D eigenvalue weighted by atomic mass is 9.83. The zero-order chi connectivity index (χ0) is 20.7. The highest BCUT2D eigenvalue weighted by Gasteiger charge is 2.36. The Morgan fingerprint density at radius 1 is 1.24 bits per heavy atom. The molecule has 1 unspecified atom stereocenters. The number of amides is 1. The van der Waals surface area contributed by atoms with Gasteiger partial charge in [0.05, 0.1) is 5.69 Å². The first-order chi connectivity index (χ1) is 13.8. The van der Waals surface area contributed by atoms with Crippen molar-refractivity contribution >= 4 is 5.91 Å². The van der Waals surface area contributed by atoms with Crippen LogP contribution in [0.15, 0.2) is 35.1 Å². The van der Waals surface area contributed by atoms with Gasteiger partial charge in [-0.15, -0.1) is 0 Å². The van der Waals surface area contributed by atoms with Crippen molar-refractivity contribution < 1.29 is 4.79 Å². The number of pyridine rings is 1. The summed E-state index contributed by atoms with van der Waals surface area (Å²) < 4.78 is 3.87. The van der Waals surface area contributed by atoms with Crippen LogP contribution in [0, 0.1) is 19.8 Å². The van der Waals surface area contributed by atoms with Crippen LogP contribution in [0.4, 0.5) is 0 Å². The SMILES string of the molecule is C=C(C)Cc1c(C)nn(CCC(=O)N2CC3C[C@H](C2)Cn2c3cccc2=O)c1C. The Bertz CT molecular complexity index is 1020. The third-order valence-electron chi connectivity index (χ3n) is 6.38. The lowest BCUT2D eigenvalue weighted by Gasteiger charge is -2.42. The molecule has 0 spiro atoms. The summed E-state index contributed by atoms with van der Waals surface area (Å²) in [5.74, 6) is 0.804. The monoisotopic (exact) mass is 394 g/mol. The van der Waals surface area contributed by atoms with Gasteiger partial charge in [0.1, 0.15) is 0 Å². The predicted octanol–water partition coefficient (Wildman–Crippen LogP) is 2.82. The molecule has 0 radical (unpaired) electrons. The Kier molecular flexibility index (Phi) is 5.19. The number of likely N-dealkylation sites (tertiary alicyclic amines) is 1. The molecule has 29 heavy (non-hydrogen) atoms. The molecule has 1 amide bonds. The molecular formula is C23H30N4O2. The number of fused-ring (bicyclic) bond motifs is 4. The molecule has 2 aromatic rings. The van der Waals surface area contributed by atoms with E-state index in [1.807, 2.05) is 40.1 Å². The highest BCUT2D eigenvalue weighted by atomic mass is 16.2. The number of piperidine rings is 1. The van der Waals surface area contributed by atoms with Crippen LogP contribution in [0.1, 0.15) is 48.3 Å². The van der Waals surface area contributed by atoms with E-state index in [2.05, 4.69) is 18.6 Å². The smallest absolute Gasteiger partial charge is 0.250 e. The van der Waals surface area contributed by atoms with Crippen LogP contribution in [-0.4, -0.2) is 38.2 Å². The van der Waals surface area contributed by atoms with Gasteiger partial charge in [-0.1, -0.05) is 18.2 Å². The van der Waals surface area contributed by atoms with Gasteiger partial charge in [0, 0.05) is 56.0 Å². The zero-order valence-electron chi connectivity index (χ0n) is 17.6. The van der Waals surface area contributed by atoms with Gasteiger partial charge in [-0.05, 0) is 51.2 Å². The second kappa shape index (κ2) is 7.65. The number of aromatic nitrogens is 3. The number of aryl methyl sites for hydroxylation is 2. The third kappa shape index (κ3) is 3.80. The summed E-state index contributed by atoms with van der Waals surface area (Å²) in [5, 5.41) is 4.64. The highest BCUT2D eigenvalue weighted by Crippen LogP contribution is 2.35. The van der Waals surface area contributed by atoms with Crippen LogP contribution < -0.4 is 5.56 Å². The van der Waals surface area contributed by atoms with Crippen molar-refractivity contribution in [1.82, 2.24) is 19.2 Å². The van der Waals surface area contributed by atoms with Crippen molar-refractivity contribution in [2.24, 2.45) is 5.92 Å². The average molecular weight is 395 g/mol. The molecule has 6 nitrogen and oxygen atoms in total. The molecule has 2 aromatic heterocycles. The Labute approximate surface area is 171 Å². The molecule has 2 atom stereocenters. The Balaban J connectivity index is 1.43. The molecule has 2 aliphatic heterocycles. The first kappa shape index (κ1) is 19.7. The van der Waals surface area contributed by atoms with E-state index in [1.54, 1.807) is 6.07 Å². The molecule has 2 bridgehead atoms. The van der Waals surface area contributed by atoms with E-state index < -0.39 is 0 Å². The van der Waals surface area contributed by atoms with Crippen molar-refractivity contribution in [2.75, 3.05) is 13.1 Å². The van der Waals surface area contributed by atoms with Gasteiger partial charge in [-0.2, -0.15) is 5.10 Å². The molecule has 4 heterocycles. The number of rotatable bonds is 5. The maximum atomic E-state index is 13.0. The van der Waals surface area contributed by atoms with Gasteiger partial charge >= 0.3 is 0 Å². The number of hydrogen-bond donors (Lipinski definition) is 0. The summed E-state index contributed by atoms with van der Waals surface area (Å²) in [4.78, 5) is 27.1.